The van der Waals surface area contributed by atoms with Gasteiger partial charge in [0.15, 0.2) is 9.84 Å². The van der Waals surface area contributed by atoms with Gasteiger partial charge in [0.05, 0.1) is 22.1 Å². The summed E-state index contributed by atoms with van der Waals surface area (Å²) in [4.78, 5) is 24.4. The number of amides is 2. The first-order chi connectivity index (χ1) is 12.7. The number of aryl methyl sites for hydroxylation is 2. The Hall–Kier alpha value is -2.32. The lowest BCUT2D eigenvalue weighted by Crippen LogP contribution is -2.20. The molecule has 0 fully saturated rings. The summed E-state index contributed by atoms with van der Waals surface area (Å²) in [5, 5.41) is 5.47. The summed E-state index contributed by atoms with van der Waals surface area (Å²) in [6.07, 6.45) is -0.128. The first-order valence-corrected chi connectivity index (χ1v) is 11.0. The Balaban J connectivity index is 1.66. The zero-order valence-electron chi connectivity index (χ0n) is 15.0. The van der Waals surface area contributed by atoms with E-state index in [1.807, 2.05) is 32.0 Å². The van der Waals surface area contributed by atoms with Gasteiger partial charge in [-0.15, -0.1) is 11.8 Å². The fourth-order valence-corrected chi connectivity index (χ4v) is 4.94. The normalized spacial score (nSPS) is 13.6. The van der Waals surface area contributed by atoms with Gasteiger partial charge in [-0.2, -0.15) is 0 Å². The average molecular weight is 405 g/mol. The Bertz CT molecular complexity index is 1020. The molecule has 0 radical (unpaired) electrons. The molecular formula is C19H20N2O4S2. The van der Waals surface area contributed by atoms with Crippen molar-refractivity contribution in [2.75, 3.05) is 22.1 Å². The Morgan fingerprint density at radius 3 is 2.70 bits per heavy atom. The zero-order chi connectivity index (χ0) is 19.6. The molecule has 0 aromatic heterocycles. The van der Waals surface area contributed by atoms with Gasteiger partial charge in [-0.05, 0) is 43.7 Å². The number of fused-ring (bicyclic) bond motifs is 1. The fourth-order valence-electron chi connectivity index (χ4n) is 2.76. The first-order valence-electron chi connectivity index (χ1n) is 8.41. The van der Waals surface area contributed by atoms with Crippen LogP contribution in [0.1, 0.15) is 17.5 Å². The predicted molar refractivity (Wildman–Crippen MR) is 107 cm³/mol. The molecule has 0 spiro atoms. The van der Waals surface area contributed by atoms with Crippen LogP contribution in [-0.4, -0.2) is 31.7 Å². The van der Waals surface area contributed by atoms with E-state index in [4.69, 9.17) is 0 Å². The molecule has 142 valence electrons. The number of thioether (sulfide) groups is 1. The third-order valence-electron chi connectivity index (χ3n) is 4.20. The second kappa shape index (κ2) is 7.74. The van der Waals surface area contributed by atoms with Crippen LogP contribution in [0.2, 0.25) is 0 Å². The van der Waals surface area contributed by atoms with Crippen LogP contribution < -0.4 is 10.6 Å². The Kier molecular flexibility index (Phi) is 5.57. The highest BCUT2D eigenvalue weighted by Gasteiger charge is 2.21. The summed E-state index contributed by atoms with van der Waals surface area (Å²) in [6.45, 7) is 3.86. The summed E-state index contributed by atoms with van der Waals surface area (Å²) >= 11 is 1.30. The molecule has 1 heterocycles. The lowest BCUT2D eigenvalue weighted by Gasteiger charge is -2.17. The van der Waals surface area contributed by atoms with Gasteiger partial charge in [-0.3, -0.25) is 9.59 Å². The number of rotatable bonds is 5. The molecule has 0 unspecified atom stereocenters. The Labute approximate surface area is 162 Å². The van der Waals surface area contributed by atoms with Gasteiger partial charge >= 0.3 is 0 Å². The monoisotopic (exact) mass is 404 g/mol. The molecule has 0 saturated carbocycles. The summed E-state index contributed by atoms with van der Waals surface area (Å²) < 4.78 is 25.1. The van der Waals surface area contributed by atoms with Gasteiger partial charge in [0, 0.05) is 17.0 Å². The van der Waals surface area contributed by atoms with Crippen molar-refractivity contribution in [3.05, 3.63) is 47.5 Å². The minimum absolute atomic E-state index is 0.105. The number of anilines is 2. The first kappa shape index (κ1) is 19.4. The molecule has 3 rings (SSSR count). The maximum atomic E-state index is 12.6. The largest absolute Gasteiger partial charge is 0.326 e. The van der Waals surface area contributed by atoms with E-state index in [0.29, 0.717) is 11.4 Å². The number of hydrogen-bond donors (Lipinski definition) is 2. The van der Waals surface area contributed by atoms with Gasteiger partial charge in [0.2, 0.25) is 11.8 Å². The lowest BCUT2D eigenvalue weighted by atomic mass is 10.1. The average Bonchev–Trinajstić information content (AvgIpc) is 2.62. The number of carbonyl (C=O) groups excluding carboxylic acids is 2. The molecule has 1 aliphatic rings. The van der Waals surface area contributed by atoms with Crippen molar-refractivity contribution in [1.29, 1.82) is 0 Å². The number of benzene rings is 2. The molecule has 0 saturated heterocycles. The number of nitrogens with one attached hydrogen (secondary N) is 2. The van der Waals surface area contributed by atoms with Crippen LogP contribution in [0.5, 0.6) is 0 Å². The number of carbonyl (C=O) groups is 2. The summed E-state index contributed by atoms with van der Waals surface area (Å²) in [6, 6.07) is 10.3. The van der Waals surface area contributed by atoms with E-state index in [1.165, 1.54) is 17.8 Å². The molecule has 1 aliphatic heterocycles. The molecule has 8 heteroatoms. The number of sulfone groups is 1. The Morgan fingerprint density at radius 2 is 1.96 bits per heavy atom. The minimum Gasteiger partial charge on any atom is -0.326 e. The topological polar surface area (TPSA) is 92.3 Å². The fraction of sp³-hybridized carbons (Fsp3) is 0.263. The second-order valence-electron chi connectivity index (χ2n) is 6.43. The van der Waals surface area contributed by atoms with Crippen LogP contribution in [0.15, 0.2) is 46.2 Å². The highest BCUT2D eigenvalue weighted by atomic mass is 32.2. The van der Waals surface area contributed by atoms with Crippen molar-refractivity contribution in [2.45, 2.75) is 30.1 Å². The van der Waals surface area contributed by atoms with Gasteiger partial charge in [0.1, 0.15) is 0 Å². The van der Waals surface area contributed by atoms with E-state index in [2.05, 4.69) is 10.6 Å². The van der Waals surface area contributed by atoms with E-state index in [-0.39, 0.29) is 34.6 Å². The van der Waals surface area contributed by atoms with E-state index in [9.17, 15) is 18.0 Å². The third-order valence-corrected chi connectivity index (χ3v) is 6.97. The molecule has 27 heavy (non-hydrogen) atoms. The molecule has 6 nitrogen and oxygen atoms in total. The van der Waals surface area contributed by atoms with Crippen LogP contribution in [0.3, 0.4) is 0 Å². The van der Waals surface area contributed by atoms with Gasteiger partial charge in [-0.1, -0.05) is 17.7 Å². The van der Waals surface area contributed by atoms with Crippen molar-refractivity contribution in [1.82, 2.24) is 0 Å². The van der Waals surface area contributed by atoms with Crippen LogP contribution in [0, 0.1) is 13.8 Å². The quantitative estimate of drug-likeness (QED) is 0.799. The maximum absolute atomic E-state index is 12.6. The molecule has 0 atom stereocenters. The van der Waals surface area contributed by atoms with Crippen LogP contribution in [0.4, 0.5) is 11.4 Å². The van der Waals surface area contributed by atoms with Crippen molar-refractivity contribution < 1.29 is 18.0 Å². The van der Waals surface area contributed by atoms with Crippen molar-refractivity contribution in [3.63, 3.8) is 0 Å². The summed E-state index contributed by atoms with van der Waals surface area (Å²) in [5.74, 6) is -0.467. The maximum Gasteiger partial charge on any atom is 0.234 e. The highest BCUT2D eigenvalue weighted by molar-refractivity contribution is 8.00. The van der Waals surface area contributed by atoms with Crippen molar-refractivity contribution in [3.8, 4) is 0 Å². The summed E-state index contributed by atoms with van der Waals surface area (Å²) in [5.41, 5.74) is 3.32. The molecule has 0 aliphatic carbocycles. The Morgan fingerprint density at radius 1 is 1.19 bits per heavy atom. The standard InChI is InChI=1S/C19H20N2O4S2/c1-12-3-5-15(13(2)9-12)20-18(22)7-8-27(24,25)14-4-6-16-17(10-14)26-11-19(23)21-16/h3-6,9-10H,7-8,11H2,1-2H3,(H,20,22)(H,21,23). The molecule has 2 aromatic carbocycles. The second-order valence-corrected chi connectivity index (χ2v) is 9.56. The zero-order valence-corrected chi connectivity index (χ0v) is 16.7. The molecule has 2 N–H and O–H groups in total. The molecule has 0 bridgehead atoms. The van der Waals surface area contributed by atoms with Gasteiger partial charge in [0.25, 0.3) is 0 Å². The van der Waals surface area contributed by atoms with E-state index >= 15 is 0 Å². The van der Waals surface area contributed by atoms with Gasteiger partial charge in [-0.25, -0.2) is 8.42 Å². The van der Waals surface area contributed by atoms with Crippen LogP contribution >= 0.6 is 11.8 Å². The third kappa shape index (κ3) is 4.70. The minimum atomic E-state index is -3.60. The SMILES string of the molecule is Cc1ccc(NC(=O)CCS(=O)(=O)c2ccc3c(c2)SCC(=O)N3)c(C)c1. The number of hydrogen-bond acceptors (Lipinski definition) is 5. The van der Waals surface area contributed by atoms with Gasteiger partial charge < -0.3 is 10.6 Å². The highest BCUT2D eigenvalue weighted by Crippen LogP contribution is 2.33. The molecular weight excluding hydrogens is 384 g/mol. The smallest absolute Gasteiger partial charge is 0.234 e. The lowest BCUT2D eigenvalue weighted by molar-refractivity contribution is -0.116. The van der Waals surface area contributed by atoms with E-state index in [0.717, 1.165) is 16.0 Å². The molecule has 2 aromatic rings. The van der Waals surface area contributed by atoms with Crippen molar-refractivity contribution in [2.24, 2.45) is 0 Å². The van der Waals surface area contributed by atoms with E-state index in [1.54, 1.807) is 12.1 Å². The van der Waals surface area contributed by atoms with Crippen LogP contribution in [-0.2, 0) is 19.4 Å². The molecule has 2 amide bonds. The van der Waals surface area contributed by atoms with Crippen LogP contribution in [0.25, 0.3) is 0 Å². The van der Waals surface area contributed by atoms with E-state index < -0.39 is 9.84 Å². The predicted octanol–water partition coefficient (Wildman–Crippen LogP) is 3.15. The summed E-state index contributed by atoms with van der Waals surface area (Å²) in [7, 11) is -3.60. The van der Waals surface area contributed by atoms with Crippen molar-refractivity contribution >= 4 is 44.8 Å².